The molecule has 2 nitrogen and oxygen atoms in total. The minimum atomic E-state index is -0.303. The summed E-state index contributed by atoms with van der Waals surface area (Å²) in [7, 11) is 2.12. The number of likely N-dealkylation sites (tertiary alicyclic amines) is 1. The molecule has 1 saturated heterocycles. The quantitative estimate of drug-likeness (QED) is 0.924. The first kappa shape index (κ1) is 13.3. The van der Waals surface area contributed by atoms with Crippen LogP contribution in [0.25, 0.3) is 0 Å². The minimum Gasteiger partial charge on any atom is -0.394 e. The van der Waals surface area contributed by atoms with Gasteiger partial charge in [0.2, 0.25) is 0 Å². The second-order valence-corrected chi connectivity index (χ2v) is 5.62. The van der Waals surface area contributed by atoms with Crippen LogP contribution in [-0.2, 0) is 5.54 Å². The molecule has 0 aliphatic carbocycles. The summed E-state index contributed by atoms with van der Waals surface area (Å²) in [5.74, 6) is 0.334. The summed E-state index contributed by atoms with van der Waals surface area (Å²) in [5, 5.41) is 10.2. The van der Waals surface area contributed by atoms with Gasteiger partial charge in [0.25, 0.3) is 0 Å². The zero-order valence-electron chi connectivity index (χ0n) is 11.9. The maximum atomic E-state index is 10.2. The lowest BCUT2D eigenvalue weighted by atomic mass is 9.76. The maximum Gasteiger partial charge on any atom is 0.0761 e. The molecule has 1 unspecified atom stereocenters. The molecule has 1 fully saturated rings. The third-order valence-electron chi connectivity index (χ3n) is 4.73. The van der Waals surface area contributed by atoms with E-state index in [1.165, 1.54) is 11.1 Å². The second-order valence-electron chi connectivity index (χ2n) is 5.62. The fraction of sp³-hybridized carbons (Fsp3) is 0.333. The van der Waals surface area contributed by atoms with E-state index in [-0.39, 0.29) is 12.1 Å². The van der Waals surface area contributed by atoms with Gasteiger partial charge in [-0.2, -0.15) is 0 Å². The molecule has 1 heterocycles. The number of aliphatic hydroxyl groups is 1. The Balaban J connectivity index is 2.11. The van der Waals surface area contributed by atoms with Gasteiger partial charge in [0.15, 0.2) is 0 Å². The van der Waals surface area contributed by atoms with Crippen molar-refractivity contribution in [1.29, 1.82) is 0 Å². The van der Waals surface area contributed by atoms with E-state index in [9.17, 15) is 5.11 Å². The Morgan fingerprint density at radius 3 is 2.25 bits per heavy atom. The van der Waals surface area contributed by atoms with Gasteiger partial charge in [-0.1, -0.05) is 60.7 Å². The van der Waals surface area contributed by atoms with Gasteiger partial charge < -0.3 is 5.11 Å². The van der Waals surface area contributed by atoms with Crippen LogP contribution in [0.2, 0.25) is 0 Å². The molecule has 104 valence electrons. The van der Waals surface area contributed by atoms with Crippen molar-refractivity contribution in [3.8, 4) is 0 Å². The molecule has 0 spiro atoms. The molecule has 0 aromatic heterocycles. The van der Waals surface area contributed by atoms with E-state index in [2.05, 4.69) is 60.5 Å². The van der Waals surface area contributed by atoms with E-state index in [4.69, 9.17) is 0 Å². The Bertz CT molecular complexity index is 554. The van der Waals surface area contributed by atoms with Gasteiger partial charge in [0.05, 0.1) is 12.1 Å². The van der Waals surface area contributed by atoms with Crippen molar-refractivity contribution >= 4 is 0 Å². The van der Waals surface area contributed by atoms with Crippen molar-refractivity contribution in [3.05, 3.63) is 71.8 Å². The van der Waals surface area contributed by atoms with Gasteiger partial charge >= 0.3 is 0 Å². The zero-order valence-corrected chi connectivity index (χ0v) is 11.9. The van der Waals surface area contributed by atoms with Gasteiger partial charge in [0.1, 0.15) is 0 Å². The summed E-state index contributed by atoms with van der Waals surface area (Å²) in [6, 6.07) is 21.0. The summed E-state index contributed by atoms with van der Waals surface area (Å²) < 4.78 is 0. The molecular formula is C18H21NO. The molecule has 2 aromatic carbocycles. The molecule has 2 heteroatoms. The maximum absolute atomic E-state index is 10.2. The van der Waals surface area contributed by atoms with Crippen molar-refractivity contribution in [2.24, 2.45) is 0 Å². The standard InChI is InChI=1S/C18H21NO/c1-19-13-12-17(15-8-4-2-5-9-15)18(19,14-20)16-10-6-3-7-11-16/h2-11,17,20H,12-14H2,1H3/t17?,18-/m1/s1. The van der Waals surface area contributed by atoms with Crippen molar-refractivity contribution in [1.82, 2.24) is 4.90 Å². The highest BCUT2D eigenvalue weighted by Crippen LogP contribution is 2.47. The van der Waals surface area contributed by atoms with Crippen LogP contribution >= 0.6 is 0 Å². The lowest BCUT2D eigenvalue weighted by Gasteiger charge is -2.40. The van der Waals surface area contributed by atoms with Crippen LogP contribution in [0.4, 0.5) is 0 Å². The Morgan fingerprint density at radius 1 is 1.05 bits per heavy atom. The number of rotatable bonds is 3. The highest BCUT2D eigenvalue weighted by molar-refractivity contribution is 5.35. The van der Waals surface area contributed by atoms with Crippen LogP contribution in [0.1, 0.15) is 23.5 Å². The molecule has 0 radical (unpaired) electrons. The number of benzene rings is 2. The highest BCUT2D eigenvalue weighted by atomic mass is 16.3. The molecule has 1 aliphatic heterocycles. The number of hydrogen-bond acceptors (Lipinski definition) is 2. The average molecular weight is 267 g/mol. The number of nitrogens with zero attached hydrogens (tertiary/aromatic N) is 1. The zero-order chi connectivity index (χ0) is 14.0. The highest BCUT2D eigenvalue weighted by Gasteiger charge is 2.48. The minimum absolute atomic E-state index is 0.146. The first-order chi connectivity index (χ1) is 9.79. The van der Waals surface area contributed by atoms with Crippen LogP contribution in [0.5, 0.6) is 0 Å². The third kappa shape index (κ3) is 1.96. The lowest BCUT2D eigenvalue weighted by molar-refractivity contribution is 0.0695. The summed E-state index contributed by atoms with van der Waals surface area (Å²) in [6.07, 6.45) is 1.08. The molecular weight excluding hydrogens is 246 g/mol. The van der Waals surface area contributed by atoms with Crippen LogP contribution in [-0.4, -0.2) is 30.2 Å². The molecule has 20 heavy (non-hydrogen) atoms. The van der Waals surface area contributed by atoms with E-state index in [0.29, 0.717) is 5.92 Å². The van der Waals surface area contributed by atoms with E-state index in [1.807, 2.05) is 12.1 Å². The van der Waals surface area contributed by atoms with Gasteiger partial charge in [0, 0.05) is 5.92 Å². The van der Waals surface area contributed by atoms with E-state index in [0.717, 1.165) is 13.0 Å². The smallest absolute Gasteiger partial charge is 0.0761 e. The monoisotopic (exact) mass is 267 g/mol. The summed E-state index contributed by atoms with van der Waals surface area (Å²) in [6.45, 7) is 1.15. The summed E-state index contributed by atoms with van der Waals surface area (Å²) in [5.41, 5.74) is 2.22. The Hall–Kier alpha value is -1.64. The molecule has 0 saturated carbocycles. The predicted molar refractivity (Wildman–Crippen MR) is 81.6 cm³/mol. The molecule has 2 atom stereocenters. The topological polar surface area (TPSA) is 23.5 Å². The molecule has 2 aromatic rings. The van der Waals surface area contributed by atoms with Gasteiger partial charge in [-0.15, -0.1) is 0 Å². The number of likely N-dealkylation sites (N-methyl/N-ethyl adjacent to an activating group) is 1. The van der Waals surface area contributed by atoms with E-state index >= 15 is 0 Å². The first-order valence-corrected chi connectivity index (χ1v) is 7.21. The van der Waals surface area contributed by atoms with Crippen molar-refractivity contribution in [2.75, 3.05) is 20.2 Å². The third-order valence-corrected chi connectivity index (χ3v) is 4.73. The fourth-order valence-corrected chi connectivity index (χ4v) is 3.63. The van der Waals surface area contributed by atoms with Crippen molar-refractivity contribution in [2.45, 2.75) is 17.9 Å². The summed E-state index contributed by atoms with van der Waals surface area (Å²) >= 11 is 0. The SMILES string of the molecule is CN1CCC(c2ccccc2)[C@@]1(CO)c1ccccc1. The van der Waals surface area contributed by atoms with Gasteiger partial charge in [-0.25, -0.2) is 0 Å². The molecule has 0 bridgehead atoms. The van der Waals surface area contributed by atoms with Crippen LogP contribution in [0, 0.1) is 0 Å². The Labute approximate surface area is 120 Å². The van der Waals surface area contributed by atoms with Gasteiger partial charge in [-0.05, 0) is 31.1 Å². The first-order valence-electron chi connectivity index (χ1n) is 7.21. The Kier molecular flexibility index (Phi) is 3.60. The average Bonchev–Trinajstić information content (AvgIpc) is 2.86. The van der Waals surface area contributed by atoms with E-state index in [1.54, 1.807) is 0 Å². The predicted octanol–water partition coefficient (Wildman–Crippen LogP) is 2.99. The van der Waals surface area contributed by atoms with Gasteiger partial charge in [-0.3, -0.25) is 4.90 Å². The molecule has 1 aliphatic rings. The van der Waals surface area contributed by atoms with E-state index < -0.39 is 0 Å². The van der Waals surface area contributed by atoms with Crippen LogP contribution in [0.3, 0.4) is 0 Å². The molecule has 1 N–H and O–H groups in total. The number of hydrogen-bond donors (Lipinski definition) is 1. The molecule has 3 rings (SSSR count). The largest absolute Gasteiger partial charge is 0.394 e. The second kappa shape index (κ2) is 5.39. The number of aliphatic hydroxyl groups excluding tert-OH is 1. The fourth-order valence-electron chi connectivity index (χ4n) is 3.63. The lowest BCUT2D eigenvalue weighted by Crippen LogP contribution is -2.45. The summed E-state index contributed by atoms with van der Waals surface area (Å²) in [4.78, 5) is 2.31. The normalized spacial score (nSPS) is 26.8. The van der Waals surface area contributed by atoms with Crippen LogP contribution < -0.4 is 0 Å². The Morgan fingerprint density at radius 2 is 1.65 bits per heavy atom. The van der Waals surface area contributed by atoms with Crippen molar-refractivity contribution in [3.63, 3.8) is 0 Å². The van der Waals surface area contributed by atoms with Crippen molar-refractivity contribution < 1.29 is 5.11 Å². The molecule has 0 amide bonds. The van der Waals surface area contributed by atoms with Crippen LogP contribution in [0.15, 0.2) is 60.7 Å².